The normalized spacial score (nSPS) is 17.1. The van der Waals surface area contributed by atoms with E-state index in [1.807, 2.05) is 18.2 Å². The van der Waals surface area contributed by atoms with Crippen LogP contribution in [0.2, 0.25) is 0 Å². The van der Waals surface area contributed by atoms with E-state index in [0.717, 1.165) is 36.5 Å². The molecule has 1 fully saturated rings. The average molecular weight is 278 g/mol. The molecule has 2 rings (SSSR count). The Kier molecular flexibility index (Phi) is 4.98. The van der Waals surface area contributed by atoms with Crippen molar-refractivity contribution in [2.45, 2.75) is 31.8 Å². The third kappa shape index (κ3) is 3.71. The maximum Gasteiger partial charge on any atom is 0.320 e. The lowest BCUT2D eigenvalue weighted by Gasteiger charge is -2.18. The van der Waals surface area contributed by atoms with Gasteiger partial charge in [0.05, 0.1) is 7.11 Å². The van der Waals surface area contributed by atoms with E-state index in [1.165, 1.54) is 12.8 Å². The monoisotopic (exact) mass is 278 g/mol. The standard InChI is InChI=1S/C15H22N2O3/c1-20-14-5-4-11(9-13(16)15(18)19)8-12(14)10-17-6-2-3-7-17/h4-5,8,13H,2-3,6-7,9-10,16H2,1H3,(H,18,19). The topological polar surface area (TPSA) is 75.8 Å². The largest absolute Gasteiger partial charge is 0.496 e. The van der Waals surface area contributed by atoms with Crippen molar-refractivity contribution >= 4 is 5.97 Å². The predicted molar refractivity (Wildman–Crippen MR) is 76.8 cm³/mol. The number of carbonyl (C=O) groups is 1. The number of rotatable bonds is 6. The Morgan fingerprint density at radius 2 is 2.15 bits per heavy atom. The number of benzene rings is 1. The molecule has 1 atom stereocenters. The molecule has 1 unspecified atom stereocenters. The first-order valence-electron chi connectivity index (χ1n) is 6.96. The van der Waals surface area contributed by atoms with E-state index < -0.39 is 12.0 Å². The highest BCUT2D eigenvalue weighted by molar-refractivity contribution is 5.73. The molecule has 110 valence electrons. The first-order chi connectivity index (χ1) is 9.60. The summed E-state index contributed by atoms with van der Waals surface area (Å²) < 4.78 is 5.39. The maximum atomic E-state index is 10.8. The number of likely N-dealkylation sites (tertiary alicyclic amines) is 1. The fourth-order valence-electron chi connectivity index (χ4n) is 2.61. The summed E-state index contributed by atoms with van der Waals surface area (Å²) >= 11 is 0. The average Bonchev–Trinajstić information content (AvgIpc) is 2.92. The fraction of sp³-hybridized carbons (Fsp3) is 0.533. The Morgan fingerprint density at radius 1 is 1.45 bits per heavy atom. The molecule has 0 spiro atoms. The Hall–Kier alpha value is -1.59. The van der Waals surface area contributed by atoms with Crippen LogP contribution < -0.4 is 10.5 Å². The van der Waals surface area contributed by atoms with Crippen LogP contribution in [0.1, 0.15) is 24.0 Å². The highest BCUT2D eigenvalue weighted by Crippen LogP contribution is 2.24. The van der Waals surface area contributed by atoms with Gasteiger partial charge < -0.3 is 15.6 Å². The minimum absolute atomic E-state index is 0.340. The zero-order chi connectivity index (χ0) is 14.5. The molecule has 0 amide bonds. The summed E-state index contributed by atoms with van der Waals surface area (Å²) in [5, 5.41) is 8.89. The van der Waals surface area contributed by atoms with Crippen LogP contribution in [0.3, 0.4) is 0 Å². The second-order valence-electron chi connectivity index (χ2n) is 5.28. The molecular formula is C15H22N2O3. The number of aliphatic carboxylic acids is 1. The molecule has 0 aliphatic carbocycles. The van der Waals surface area contributed by atoms with Crippen molar-refractivity contribution in [2.75, 3.05) is 20.2 Å². The molecule has 0 radical (unpaired) electrons. The van der Waals surface area contributed by atoms with Gasteiger partial charge in [-0.1, -0.05) is 12.1 Å². The van der Waals surface area contributed by atoms with Crippen LogP contribution in [0.15, 0.2) is 18.2 Å². The molecule has 0 saturated carbocycles. The summed E-state index contributed by atoms with van der Waals surface area (Å²) in [7, 11) is 1.66. The zero-order valence-electron chi connectivity index (χ0n) is 11.8. The van der Waals surface area contributed by atoms with Gasteiger partial charge in [0, 0.05) is 12.1 Å². The molecule has 1 saturated heterocycles. The van der Waals surface area contributed by atoms with Gasteiger partial charge in [-0.25, -0.2) is 0 Å². The first kappa shape index (κ1) is 14.8. The van der Waals surface area contributed by atoms with Gasteiger partial charge in [0.2, 0.25) is 0 Å². The molecule has 1 heterocycles. The van der Waals surface area contributed by atoms with E-state index in [-0.39, 0.29) is 0 Å². The molecular weight excluding hydrogens is 256 g/mol. The number of methoxy groups -OCH3 is 1. The van der Waals surface area contributed by atoms with Crippen molar-refractivity contribution in [3.8, 4) is 5.75 Å². The Balaban J connectivity index is 2.12. The van der Waals surface area contributed by atoms with Crippen molar-refractivity contribution in [3.63, 3.8) is 0 Å². The van der Waals surface area contributed by atoms with Crippen LogP contribution in [0.4, 0.5) is 0 Å². The predicted octanol–water partition coefficient (Wildman–Crippen LogP) is 1.25. The lowest BCUT2D eigenvalue weighted by atomic mass is 10.0. The van der Waals surface area contributed by atoms with Crippen molar-refractivity contribution in [1.29, 1.82) is 0 Å². The Morgan fingerprint density at radius 3 is 2.75 bits per heavy atom. The van der Waals surface area contributed by atoms with Gasteiger partial charge in [-0.2, -0.15) is 0 Å². The summed E-state index contributed by atoms with van der Waals surface area (Å²) in [6.07, 6.45) is 2.82. The molecule has 0 aromatic heterocycles. The van der Waals surface area contributed by atoms with Gasteiger partial charge in [0.1, 0.15) is 11.8 Å². The second-order valence-corrected chi connectivity index (χ2v) is 5.28. The molecule has 1 aromatic carbocycles. The minimum atomic E-state index is -0.970. The molecule has 1 aliphatic heterocycles. The van der Waals surface area contributed by atoms with Crippen LogP contribution in [0.5, 0.6) is 5.75 Å². The quantitative estimate of drug-likeness (QED) is 0.819. The van der Waals surface area contributed by atoms with E-state index in [2.05, 4.69) is 4.90 Å². The van der Waals surface area contributed by atoms with E-state index in [4.69, 9.17) is 15.6 Å². The summed E-state index contributed by atoms with van der Waals surface area (Å²) in [5.41, 5.74) is 7.63. The number of hydrogen-bond acceptors (Lipinski definition) is 4. The van der Waals surface area contributed by atoms with Gasteiger partial charge in [0.15, 0.2) is 0 Å². The van der Waals surface area contributed by atoms with Crippen molar-refractivity contribution in [2.24, 2.45) is 5.73 Å². The smallest absolute Gasteiger partial charge is 0.320 e. The third-order valence-electron chi connectivity index (χ3n) is 3.71. The molecule has 5 heteroatoms. The van der Waals surface area contributed by atoms with E-state index in [0.29, 0.717) is 6.42 Å². The van der Waals surface area contributed by atoms with Gasteiger partial charge in [-0.3, -0.25) is 9.69 Å². The summed E-state index contributed by atoms with van der Waals surface area (Å²) in [6, 6.07) is 4.94. The second kappa shape index (κ2) is 6.72. The highest BCUT2D eigenvalue weighted by atomic mass is 16.5. The van der Waals surface area contributed by atoms with Gasteiger partial charge in [0.25, 0.3) is 0 Å². The van der Waals surface area contributed by atoms with Crippen LogP contribution in [-0.2, 0) is 17.8 Å². The number of carboxylic acid groups (broad SMARTS) is 1. The van der Waals surface area contributed by atoms with Crippen LogP contribution in [0.25, 0.3) is 0 Å². The molecule has 1 aliphatic rings. The number of nitrogens with zero attached hydrogens (tertiary/aromatic N) is 1. The van der Waals surface area contributed by atoms with Crippen molar-refractivity contribution < 1.29 is 14.6 Å². The Labute approximate surface area is 119 Å². The lowest BCUT2D eigenvalue weighted by Crippen LogP contribution is -2.32. The zero-order valence-corrected chi connectivity index (χ0v) is 11.8. The van der Waals surface area contributed by atoms with E-state index >= 15 is 0 Å². The number of hydrogen-bond donors (Lipinski definition) is 2. The van der Waals surface area contributed by atoms with Crippen LogP contribution >= 0.6 is 0 Å². The Bertz CT molecular complexity index is 470. The third-order valence-corrected chi connectivity index (χ3v) is 3.71. The van der Waals surface area contributed by atoms with E-state index in [9.17, 15) is 4.79 Å². The van der Waals surface area contributed by atoms with Crippen molar-refractivity contribution in [3.05, 3.63) is 29.3 Å². The molecule has 0 bridgehead atoms. The highest BCUT2D eigenvalue weighted by Gasteiger charge is 2.16. The number of ether oxygens (including phenoxy) is 1. The summed E-state index contributed by atoms with van der Waals surface area (Å²) in [6.45, 7) is 3.07. The molecule has 1 aromatic rings. The molecule has 20 heavy (non-hydrogen) atoms. The minimum Gasteiger partial charge on any atom is -0.496 e. The summed E-state index contributed by atoms with van der Waals surface area (Å²) in [5.74, 6) is -0.119. The van der Waals surface area contributed by atoms with Gasteiger partial charge >= 0.3 is 5.97 Å². The van der Waals surface area contributed by atoms with Crippen LogP contribution in [0, 0.1) is 0 Å². The van der Waals surface area contributed by atoms with Crippen LogP contribution in [-0.4, -0.2) is 42.2 Å². The fourth-order valence-corrected chi connectivity index (χ4v) is 2.61. The van der Waals surface area contributed by atoms with Gasteiger partial charge in [-0.05, 0) is 44.0 Å². The summed E-state index contributed by atoms with van der Waals surface area (Å²) in [4.78, 5) is 13.2. The lowest BCUT2D eigenvalue weighted by molar-refractivity contribution is -0.138. The first-order valence-corrected chi connectivity index (χ1v) is 6.96. The van der Waals surface area contributed by atoms with E-state index in [1.54, 1.807) is 7.11 Å². The number of carboxylic acids is 1. The molecule has 5 nitrogen and oxygen atoms in total. The SMILES string of the molecule is COc1ccc(CC(N)C(=O)O)cc1CN1CCCC1. The number of nitrogens with two attached hydrogens (primary N) is 1. The van der Waals surface area contributed by atoms with Crippen molar-refractivity contribution in [1.82, 2.24) is 4.90 Å². The molecule has 3 N–H and O–H groups in total. The maximum absolute atomic E-state index is 10.8. The van der Waals surface area contributed by atoms with Gasteiger partial charge in [-0.15, -0.1) is 0 Å².